The molecule has 1 aromatic carbocycles. The van der Waals surface area contributed by atoms with Crippen molar-refractivity contribution in [1.29, 1.82) is 0 Å². The number of carbonyl (C=O) groups is 2. The van der Waals surface area contributed by atoms with E-state index in [1.165, 1.54) is 11.8 Å². The third kappa shape index (κ3) is 4.63. The largest absolute Gasteiger partial charge is 0.480 e. The van der Waals surface area contributed by atoms with Gasteiger partial charge in [0.15, 0.2) is 0 Å². The predicted molar refractivity (Wildman–Crippen MR) is 86.2 cm³/mol. The number of rotatable bonds is 6. The Morgan fingerprint density at radius 1 is 1.27 bits per heavy atom. The number of aliphatic carboxylic acids is 1. The number of amides is 1. The second-order valence-electron chi connectivity index (χ2n) is 5.17. The molecule has 0 aromatic heterocycles. The van der Waals surface area contributed by atoms with Crippen molar-refractivity contribution in [3.8, 4) is 0 Å². The molecule has 0 atom stereocenters. The minimum atomic E-state index is -1.18. The molecule has 1 amide bonds. The third-order valence-electron chi connectivity index (χ3n) is 3.55. The lowest BCUT2D eigenvalue weighted by molar-refractivity contribution is -0.151. The molecule has 120 valence electrons. The van der Waals surface area contributed by atoms with E-state index in [0.29, 0.717) is 36.8 Å². The maximum atomic E-state index is 12.0. The van der Waals surface area contributed by atoms with Crippen LogP contribution in [0.1, 0.15) is 18.4 Å². The standard InChI is InChI=1S/C15H18ClNO4S/c16-12-3-1-11(2-4-12)9-22-10-13(18)17-15(14(19)20)5-7-21-8-6-15/h1-4H,5-10H2,(H,17,18)(H,19,20). The Hall–Kier alpha value is -1.24. The van der Waals surface area contributed by atoms with Crippen LogP contribution in [-0.4, -0.2) is 41.5 Å². The van der Waals surface area contributed by atoms with Crippen molar-refractivity contribution < 1.29 is 19.4 Å². The first-order valence-electron chi connectivity index (χ1n) is 6.96. The number of carboxylic acid groups (broad SMARTS) is 1. The zero-order valence-corrected chi connectivity index (χ0v) is 13.6. The van der Waals surface area contributed by atoms with Crippen molar-refractivity contribution in [2.45, 2.75) is 24.1 Å². The Morgan fingerprint density at radius 2 is 1.91 bits per heavy atom. The number of nitrogens with one attached hydrogen (secondary N) is 1. The summed E-state index contributed by atoms with van der Waals surface area (Å²) < 4.78 is 5.17. The van der Waals surface area contributed by atoms with Gasteiger partial charge in [0.2, 0.25) is 5.91 Å². The van der Waals surface area contributed by atoms with Crippen LogP contribution < -0.4 is 5.32 Å². The summed E-state index contributed by atoms with van der Waals surface area (Å²) in [5, 5.41) is 12.7. The van der Waals surface area contributed by atoms with Crippen LogP contribution in [0.25, 0.3) is 0 Å². The molecule has 2 rings (SSSR count). The van der Waals surface area contributed by atoms with Crippen LogP contribution in [0, 0.1) is 0 Å². The van der Waals surface area contributed by atoms with Gasteiger partial charge in [-0.2, -0.15) is 0 Å². The number of hydrogen-bond donors (Lipinski definition) is 2. The molecule has 22 heavy (non-hydrogen) atoms. The first-order valence-corrected chi connectivity index (χ1v) is 8.49. The summed E-state index contributed by atoms with van der Waals surface area (Å²) >= 11 is 7.25. The highest BCUT2D eigenvalue weighted by atomic mass is 35.5. The molecular weight excluding hydrogens is 326 g/mol. The summed E-state index contributed by atoms with van der Waals surface area (Å²) in [5.74, 6) is -0.359. The monoisotopic (exact) mass is 343 g/mol. The maximum absolute atomic E-state index is 12.0. The number of hydrogen-bond acceptors (Lipinski definition) is 4. The highest BCUT2D eigenvalue weighted by Gasteiger charge is 2.41. The highest BCUT2D eigenvalue weighted by Crippen LogP contribution is 2.22. The van der Waals surface area contributed by atoms with Gasteiger partial charge in [-0.3, -0.25) is 4.79 Å². The molecule has 1 fully saturated rings. The first-order chi connectivity index (χ1) is 10.5. The molecule has 0 saturated carbocycles. The van der Waals surface area contributed by atoms with E-state index >= 15 is 0 Å². The van der Waals surface area contributed by atoms with Crippen molar-refractivity contribution >= 4 is 35.2 Å². The Morgan fingerprint density at radius 3 is 2.50 bits per heavy atom. The van der Waals surface area contributed by atoms with E-state index in [1.54, 1.807) is 12.1 Å². The first kappa shape index (κ1) is 17.1. The van der Waals surface area contributed by atoms with E-state index in [1.807, 2.05) is 12.1 Å². The second kappa shape index (κ2) is 7.85. The highest BCUT2D eigenvalue weighted by molar-refractivity contribution is 7.99. The van der Waals surface area contributed by atoms with Crippen molar-refractivity contribution in [2.24, 2.45) is 0 Å². The number of carboxylic acids is 1. The molecule has 0 aliphatic carbocycles. The minimum Gasteiger partial charge on any atom is -0.480 e. The van der Waals surface area contributed by atoms with Crippen LogP contribution in [0.15, 0.2) is 24.3 Å². The summed E-state index contributed by atoms with van der Waals surface area (Å²) in [7, 11) is 0. The lowest BCUT2D eigenvalue weighted by Crippen LogP contribution is -2.57. The summed E-state index contributed by atoms with van der Waals surface area (Å²) in [6, 6.07) is 7.42. The van der Waals surface area contributed by atoms with Gasteiger partial charge in [0.05, 0.1) is 5.75 Å². The number of thioether (sulfide) groups is 1. The lowest BCUT2D eigenvalue weighted by Gasteiger charge is -2.33. The Labute approximate surface area is 138 Å². The van der Waals surface area contributed by atoms with Gasteiger partial charge in [-0.1, -0.05) is 23.7 Å². The van der Waals surface area contributed by atoms with E-state index in [-0.39, 0.29) is 11.7 Å². The average Bonchev–Trinajstić information content (AvgIpc) is 2.50. The van der Waals surface area contributed by atoms with Crippen LogP contribution in [0.5, 0.6) is 0 Å². The molecule has 0 unspecified atom stereocenters. The molecule has 2 N–H and O–H groups in total. The molecule has 0 radical (unpaired) electrons. The van der Waals surface area contributed by atoms with E-state index in [9.17, 15) is 14.7 Å². The summed E-state index contributed by atoms with van der Waals surface area (Å²) in [4.78, 5) is 23.5. The predicted octanol–water partition coefficient (Wildman–Crippen LogP) is 2.32. The molecule has 0 bridgehead atoms. The number of carbonyl (C=O) groups excluding carboxylic acids is 1. The van der Waals surface area contributed by atoms with E-state index in [2.05, 4.69) is 5.32 Å². The Bertz CT molecular complexity index is 529. The van der Waals surface area contributed by atoms with Crippen LogP contribution in [0.2, 0.25) is 5.02 Å². The van der Waals surface area contributed by atoms with E-state index in [4.69, 9.17) is 16.3 Å². The lowest BCUT2D eigenvalue weighted by atomic mass is 9.90. The summed E-state index contributed by atoms with van der Waals surface area (Å²) in [5.41, 5.74) is -0.114. The summed E-state index contributed by atoms with van der Waals surface area (Å²) in [6.07, 6.45) is 0.603. The van der Waals surface area contributed by atoms with Crippen molar-refractivity contribution in [1.82, 2.24) is 5.32 Å². The van der Waals surface area contributed by atoms with E-state index in [0.717, 1.165) is 5.56 Å². The van der Waals surface area contributed by atoms with Gasteiger partial charge in [-0.25, -0.2) is 4.79 Å². The molecule has 1 aliphatic heterocycles. The minimum absolute atomic E-state index is 0.221. The topological polar surface area (TPSA) is 75.6 Å². The SMILES string of the molecule is O=C(CSCc1ccc(Cl)cc1)NC1(C(=O)O)CCOCC1. The smallest absolute Gasteiger partial charge is 0.329 e. The molecule has 1 heterocycles. The number of halogens is 1. The van der Waals surface area contributed by atoms with Crippen LogP contribution in [0.4, 0.5) is 0 Å². The van der Waals surface area contributed by atoms with Gasteiger partial charge < -0.3 is 15.2 Å². The zero-order chi connectivity index (χ0) is 16.0. The molecule has 0 spiro atoms. The van der Waals surface area contributed by atoms with Crippen molar-refractivity contribution in [2.75, 3.05) is 19.0 Å². The molecular formula is C15H18ClNO4S. The number of benzene rings is 1. The zero-order valence-electron chi connectivity index (χ0n) is 12.0. The van der Waals surface area contributed by atoms with Gasteiger partial charge in [0.25, 0.3) is 0 Å². The molecule has 1 aromatic rings. The fourth-order valence-corrected chi connectivity index (χ4v) is 3.17. The van der Waals surface area contributed by atoms with Crippen LogP contribution in [-0.2, 0) is 20.1 Å². The van der Waals surface area contributed by atoms with Crippen molar-refractivity contribution in [3.05, 3.63) is 34.9 Å². The average molecular weight is 344 g/mol. The van der Waals surface area contributed by atoms with Gasteiger partial charge in [-0.05, 0) is 17.7 Å². The van der Waals surface area contributed by atoms with Gasteiger partial charge in [0.1, 0.15) is 5.54 Å². The molecule has 7 heteroatoms. The molecule has 5 nitrogen and oxygen atoms in total. The molecule has 1 aliphatic rings. The van der Waals surface area contributed by atoms with E-state index < -0.39 is 11.5 Å². The van der Waals surface area contributed by atoms with Crippen LogP contribution >= 0.6 is 23.4 Å². The number of ether oxygens (including phenoxy) is 1. The quantitative estimate of drug-likeness (QED) is 0.829. The third-order valence-corrected chi connectivity index (χ3v) is 4.81. The normalized spacial score (nSPS) is 17.0. The van der Waals surface area contributed by atoms with Gasteiger partial charge in [0, 0.05) is 36.8 Å². The van der Waals surface area contributed by atoms with Crippen LogP contribution in [0.3, 0.4) is 0 Å². The van der Waals surface area contributed by atoms with Gasteiger partial charge in [-0.15, -0.1) is 11.8 Å². The fourth-order valence-electron chi connectivity index (χ4n) is 2.26. The van der Waals surface area contributed by atoms with Gasteiger partial charge >= 0.3 is 5.97 Å². The summed E-state index contributed by atoms with van der Waals surface area (Å²) in [6.45, 7) is 0.703. The Balaban J connectivity index is 1.81. The van der Waals surface area contributed by atoms with Crippen molar-refractivity contribution in [3.63, 3.8) is 0 Å². The maximum Gasteiger partial charge on any atom is 0.329 e. The Kier molecular flexibility index (Phi) is 6.11. The fraction of sp³-hybridized carbons (Fsp3) is 0.467. The molecule has 1 saturated heterocycles. The second-order valence-corrected chi connectivity index (χ2v) is 6.59.